The van der Waals surface area contributed by atoms with E-state index in [0.717, 1.165) is 50.4 Å². The van der Waals surface area contributed by atoms with Gasteiger partial charge < -0.3 is 5.32 Å². The average molecular weight is 330 g/mol. The molecule has 0 amide bonds. The van der Waals surface area contributed by atoms with Crippen molar-refractivity contribution in [1.29, 1.82) is 0 Å². The van der Waals surface area contributed by atoms with Crippen molar-refractivity contribution in [3.63, 3.8) is 0 Å². The molecular weight excluding hydrogens is 303 g/mol. The van der Waals surface area contributed by atoms with Crippen molar-refractivity contribution in [2.24, 2.45) is 0 Å². The zero-order chi connectivity index (χ0) is 16.9. The third-order valence-corrected chi connectivity index (χ3v) is 4.62. The number of anilines is 1. The predicted molar refractivity (Wildman–Crippen MR) is 95.6 cm³/mol. The lowest BCUT2D eigenvalue weighted by Gasteiger charge is -2.33. The van der Waals surface area contributed by atoms with Crippen molar-refractivity contribution in [2.75, 3.05) is 18.4 Å². The maximum absolute atomic E-state index is 13.0. The van der Waals surface area contributed by atoms with Crippen molar-refractivity contribution in [3.8, 4) is 0 Å². The second-order valence-corrected chi connectivity index (χ2v) is 6.73. The molecule has 1 aliphatic heterocycles. The van der Waals surface area contributed by atoms with E-state index < -0.39 is 0 Å². The second kappa shape index (κ2) is 7.79. The third-order valence-electron chi connectivity index (χ3n) is 4.62. The third kappa shape index (κ3) is 4.35. The number of benzene rings is 1. The van der Waals surface area contributed by atoms with Gasteiger partial charge in [-0.25, -0.2) is 4.39 Å². The molecule has 1 aliphatic rings. The van der Waals surface area contributed by atoms with Crippen LogP contribution in [0.3, 0.4) is 0 Å². The highest BCUT2D eigenvalue weighted by molar-refractivity contribution is 5.43. The first-order chi connectivity index (χ1) is 11.6. The zero-order valence-corrected chi connectivity index (χ0v) is 14.6. The van der Waals surface area contributed by atoms with E-state index in [0.29, 0.717) is 6.04 Å². The van der Waals surface area contributed by atoms with Crippen LogP contribution in [-0.2, 0) is 13.1 Å². The number of halogens is 1. The minimum absolute atomic E-state index is 0.189. The Kier molecular flexibility index (Phi) is 5.51. The van der Waals surface area contributed by atoms with Gasteiger partial charge in [-0.3, -0.25) is 9.58 Å². The topological polar surface area (TPSA) is 33.1 Å². The lowest BCUT2D eigenvalue weighted by molar-refractivity contribution is 0.208. The summed E-state index contributed by atoms with van der Waals surface area (Å²) in [7, 11) is 0. The molecule has 1 aromatic carbocycles. The van der Waals surface area contributed by atoms with E-state index in [4.69, 9.17) is 0 Å². The molecular formula is C19H27FN4. The highest BCUT2D eigenvalue weighted by Gasteiger charge is 2.21. The smallest absolute Gasteiger partial charge is 0.123 e. The van der Waals surface area contributed by atoms with Gasteiger partial charge in [-0.1, -0.05) is 6.92 Å². The van der Waals surface area contributed by atoms with Crippen LogP contribution in [0.5, 0.6) is 0 Å². The summed E-state index contributed by atoms with van der Waals surface area (Å²) in [5.41, 5.74) is 3.46. The largest absolute Gasteiger partial charge is 0.381 e. The number of nitrogens with one attached hydrogen (secondary N) is 1. The molecule has 24 heavy (non-hydrogen) atoms. The van der Waals surface area contributed by atoms with Gasteiger partial charge >= 0.3 is 0 Å². The lowest BCUT2D eigenvalue weighted by atomic mass is 10.0. The minimum atomic E-state index is -0.189. The molecule has 0 radical (unpaired) electrons. The normalized spacial score (nSPS) is 18.7. The molecule has 130 valence electrons. The van der Waals surface area contributed by atoms with Crippen LogP contribution in [0.2, 0.25) is 0 Å². The van der Waals surface area contributed by atoms with Crippen LogP contribution in [0.4, 0.5) is 10.1 Å². The number of aryl methyl sites for hydroxylation is 2. The molecule has 1 aromatic heterocycles. The van der Waals surface area contributed by atoms with E-state index in [-0.39, 0.29) is 5.82 Å². The molecule has 1 fully saturated rings. The van der Waals surface area contributed by atoms with Crippen LogP contribution in [0.1, 0.15) is 37.4 Å². The molecule has 0 spiro atoms. The van der Waals surface area contributed by atoms with Gasteiger partial charge in [-0.15, -0.1) is 0 Å². The van der Waals surface area contributed by atoms with Crippen molar-refractivity contribution in [3.05, 3.63) is 47.5 Å². The Hall–Kier alpha value is -1.88. The van der Waals surface area contributed by atoms with E-state index in [1.165, 1.54) is 24.1 Å². The van der Waals surface area contributed by atoms with Crippen LogP contribution >= 0.6 is 0 Å². The molecule has 3 rings (SSSR count). The van der Waals surface area contributed by atoms with Gasteiger partial charge in [-0.2, -0.15) is 5.10 Å². The average Bonchev–Trinajstić information content (AvgIpc) is 2.90. The summed E-state index contributed by atoms with van der Waals surface area (Å²) in [5, 5.41) is 8.13. The quantitative estimate of drug-likeness (QED) is 0.874. The van der Waals surface area contributed by atoms with Crippen molar-refractivity contribution < 1.29 is 4.39 Å². The Morgan fingerprint density at radius 3 is 2.83 bits per heavy atom. The highest BCUT2D eigenvalue weighted by Crippen LogP contribution is 2.19. The zero-order valence-electron chi connectivity index (χ0n) is 14.6. The number of hydrogen-bond acceptors (Lipinski definition) is 3. The van der Waals surface area contributed by atoms with E-state index in [1.54, 1.807) is 0 Å². The second-order valence-electron chi connectivity index (χ2n) is 6.73. The Morgan fingerprint density at radius 1 is 1.29 bits per heavy atom. The summed E-state index contributed by atoms with van der Waals surface area (Å²) >= 11 is 0. The summed E-state index contributed by atoms with van der Waals surface area (Å²) in [6.45, 7) is 8.34. The predicted octanol–water partition coefficient (Wildman–Crippen LogP) is 3.82. The van der Waals surface area contributed by atoms with Gasteiger partial charge in [-0.05, 0) is 57.0 Å². The molecule has 2 aromatic rings. The first-order valence-corrected chi connectivity index (χ1v) is 8.91. The molecule has 0 bridgehead atoms. The van der Waals surface area contributed by atoms with Gasteiger partial charge in [0.05, 0.1) is 5.69 Å². The Bertz CT molecular complexity index is 650. The molecule has 4 nitrogen and oxygen atoms in total. The standard InChI is InChI=1S/C19H27FN4/c1-3-10-24-13-16(15(2)22-24)12-23-11-4-5-19(14-23)21-18-8-6-17(20)7-9-18/h6-9,13,19,21H,3-5,10-12,14H2,1-2H3. The van der Waals surface area contributed by atoms with E-state index in [1.807, 2.05) is 12.1 Å². The number of likely N-dealkylation sites (tertiary alicyclic amines) is 1. The Balaban J connectivity index is 1.58. The number of piperidine rings is 1. The molecule has 1 saturated heterocycles. The Morgan fingerprint density at radius 2 is 2.08 bits per heavy atom. The monoisotopic (exact) mass is 330 g/mol. The first-order valence-electron chi connectivity index (χ1n) is 8.91. The molecule has 0 aliphatic carbocycles. The fourth-order valence-corrected chi connectivity index (χ4v) is 3.40. The summed E-state index contributed by atoms with van der Waals surface area (Å²) in [6.07, 6.45) is 5.63. The molecule has 2 heterocycles. The van der Waals surface area contributed by atoms with Crippen LogP contribution in [0.25, 0.3) is 0 Å². The summed E-state index contributed by atoms with van der Waals surface area (Å²) in [4.78, 5) is 2.49. The van der Waals surface area contributed by atoms with Crippen LogP contribution < -0.4 is 5.32 Å². The maximum atomic E-state index is 13.0. The van der Waals surface area contributed by atoms with Gasteiger partial charge in [0.15, 0.2) is 0 Å². The minimum Gasteiger partial charge on any atom is -0.381 e. The van der Waals surface area contributed by atoms with Crippen molar-refractivity contribution in [2.45, 2.75) is 52.2 Å². The van der Waals surface area contributed by atoms with E-state index >= 15 is 0 Å². The molecule has 5 heteroatoms. The lowest BCUT2D eigenvalue weighted by Crippen LogP contribution is -2.41. The van der Waals surface area contributed by atoms with Gasteiger partial charge in [0.1, 0.15) is 5.82 Å². The Labute approximate surface area is 143 Å². The SMILES string of the molecule is CCCn1cc(CN2CCCC(Nc3ccc(F)cc3)C2)c(C)n1. The fourth-order valence-electron chi connectivity index (χ4n) is 3.40. The first kappa shape index (κ1) is 17.0. The highest BCUT2D eigenvalue weighted by atomic mass is 19.1. The molecule has 1 unspecified atom stereocenters. The molecule has 1 atom stereocenters. The number of aromatic nitrogens is 2. The maximum Gasteiger partial charge on any atom is 0.123 e. The van der Waals surface area contributed by atoms with Crippen molar-refractivity contribution in [1.82, 2.24) is 14.7 Å². The fraction of sp³-hybridized carbons (Fsp3) is 0.526. The van der Waals surface area contributed by atoms with Crippen LogP contribution in [0, 0.1) is 12.7 Å². The van der Waals surface area contributed by atoms with Crippen molar-refractivity contribution >= 4 is 5.69 Å². The van der Waals surface area contributed by atoms with Crippen LogP contribution in [-0.4, -0.2) is 33.8 Å². The van der Waals surface area contributed by atoms with Gasteiger partial charge in [0.25, 0.3) is 0 Å². The van der Waals surface area contributed by atoms with Gasteiger partial charge in [0, 0.05) is 43.1 Å². The summed E-state index contributed by atoms with van der Waals surface area (Å²) < 4.78 is 15.1. The molecule has 0 saturated carbocycles. The summed E-state index contributed by atoms with van der Waals surface area (Å²) in [6, 6.07) is 7.05. The molecule has 1 N–H and O–H groups in total. The van der Waals surface area contributed by atoms with E-state index in [9.17, 15) is 4.39 Å². The number of nitrogens with zero attached hydrogens (tertiary/aromatic N) is 3. The summed E-state index contributed by atoms with van der Waals surface area (Å²) in [5.74, 6) is -0.189. The van der Waals surface area contributed by atoms with E-state index in [2.05, 4.69) is 40.0 Å². The van der Waals surface area contributed by atoms with Gasteiger partial charge in [0.2, 0.25) is 0 Å². The number of hydrogen-bond donors (Lipinski definition) is 1. The number of rotatable bonds is 6. The van der Waals surface area contributed by atoms with Crippen LogP contribution in [0.15, 0.2) is 30.5 Å².